The molecule has 0 fully saturated rings. The molecule has 0 spiro atoms. The predicted octanol–water partition coefficient (Wildman–Crippen LogP) is 3.79. The van der Waals surface area contributed by atoms with Crippen LogP contribution in [0.5, 0.6) is 0 Å². The van der Waals surface area contributed by atoms with Crippen molar-refractivity contribution >= 4 is 17.8 Å². The number of unbranched alkanes of at least 4 members (excludes halogenated alkanes) is 4. The molecule has 1 heterocycles. The van der Waals surface area contributed by atoms with Crippen LogP contribution >= 0.6 is 0 Å². The van der Waals surface area contributed by atoms with E-state index < -0.39 is 24.1 Å². The Bertz CT molecular complexity index is 758. The molecule has 8 heteroatoms. The van der Waals surface area contributed by atoms with Gasteiger partial charge in [-0.25, -0.2) is 0 Å². The van der Waals surface area contributed by atoms with Gasteiger partial charge in [0.05, 0.1) is 12.1 Å². The molecule has 34 heavy (non-hydrogen) atoms. The van der Waals surface area contributed by atoms with E-state index in [-0.39, 0.29) is 18.4 Å². The Balaban J connectivity index is 2.83. The summed E-state index contributed by atoms with van der Waals surface area (Å²) in [4.78, 5) is 36.5. The summed E-state index contributed by atoms with van der Waals surface area (Å²) in [7, 11) is 0. The summed E-state index contributed by atoms with van der Waals surface area (Å²) in [6.07, 6.45) is 14.1. The minimum absolute atomic E-state index is 0.0821. The van der Waals surface area contributed by atoms with Crippen molar-refractivity contribution in [3.05, 3.63) is 35.5 Å². The average Bonchev–Trinajstić information content (AvgIpc) is 3.00. The third kappa shape index (κ3) is 10.7. The number of carboxylic acids is 2. The van der Waals surface area contributed by atoms with Crippen LogP contribution in [0.4, 0.5) is 0 Å². The van der Waals surface area contributed by atoms with E-state index in [1.54, 1.807) is 17.1 Å². The zero-order valence-corrected chi connectivity index (χ0v) is 20.6. The third-order valence-corrected chi connectivity index (χ3v) is 6.14. The number of aliphatic hydroxyl groups excluding tert-OH is 1. The first-order valence-corrected chi connectivity index (χ1v) is 12.4. The van der Waals surface area contributed by atoms with Gasteiger partial charge in [0.15, 0.2) is 0 Å². The minimum Gasteiger partial charge on any atom is -0.481 e. The number of carboxylic acid groups (broad SMARTS) is 2. The topological polar surface area (TPSA) is 141 Å². The summed E-state index contributed by atoms with van der Waals surface area (Å²) >= 11 is 0. The molecular formula is C26H42N2O6. The monoisotopic (exact) mass is 478 g/mol. The molecule has 5 N–H and O–H groups in total. The van der Waals surface area contributed by atoms with E-state index in [9.17, 15) is 19.5 Å². The maximum atomic E-state index is 13.2. The summed E-state index contributed by atoms with van der Waals surface area (Å²) in [6.45, 7) is 4.60. The molecule has 1 aliphatic heterocycles. The lowest BCUT2D eigenvalue weighted by Crippen LogP contribution is -2.35. The fraction of sp³-hybridized carbons (Fsp3) is 0.654. The Morgan fingerprint density at radius 2 is 1.79 bits per heavy atom. The van der Waals surface area contributed by atoms with Crippen LogP contribution in [0.3, 0.4) is 0 Å². The van der Waals surface area contributed by atoms with Crippen LogP contribution in [0.2, 0.25) is 0 Å². The lowest BCUT2D eigenvalue weighted by atomic mass is 10.0. The molecule has 0 aromatic heterocycles. The Morgan fingerprint density at radius 3 is 2.44 bits per heavy atom. The van der Waals surface area contributed by atoms with Crippen molar-refractivity contribution < 1.29 is 29.7 Å². The average molecular weight is 479 g/mol. The van der Waals surface area contributed by atoms with Crippen molar-refractivity contribution in [2.75, 3.05) is 6.54 Å². The molecule has 1 aliphatic rings. The van der Waals surface area contributed by atoms with Crippen LogP contribution in [-0.4, -0.2) is 62.8 Å². The molecule has 1 rings (SSSR count). The van der Waals surface area contributed by atoms with Crippen LogP contribution in [0.25, 0.3) is 0 Å². The summed E-state index contributed by atoms with van der Waals surface area (Å²) in [5, 5.41) is 27.9. The number of hydrogen-bond acceptors (Lipinski definition) is 5. The number of amides is 1. The second kappa shape index (κ2) is 16.2. The number of rotatable bonds is 18. The summed E-state index contributed by atoms with van der Waals surface area (Å²) in [5.74, 6) is -1.91. The number of carbonyl (C=O) groups excluding carboxylic acids is 1. The fourth-order valence-corrected chi connectivity index (χ4v) is 4.01. The van der Waals surface area contributed by atoms with Gasteiger partial charge in [0.25, 0.3) is 5.91 Å². The summed E-state index contributed by atoms with van der Waals surface area (Å²) in [6, 6.07) is -0.999. The molecular weight excluding hydrogens is 436 g/mol. The lowest BCUT2D eigenvalue weighted by Gasteiger charge is -2.24. The molecule has 1 unspecified atom stereocenters. The van der Waals surface area contributed by atoms with Crippen molar-refractivity contribution in [1.29, 1.82) is 0 Å². The molecule has 0 saturated heterocycles. The Labute approximate surface area is 203 Å². The zero-order valence-electron chi connectivity index (χ0n) is 20.6. The molecule has 192 valence electrons. The van der Waals surface area contributed by atoms with Gasteiger partial charge in [0.1, 0.15) is 6.04 Å². The molecule has 0 radical (unpaired) electrons. The molecule has 8 nitrogen and oxygen atoms in total. The summed E-state index contributed by atoms with van der Waals surface area (Å²) in [5.41, 5.74) is 7.13. The number of aliphatic carboxylic acids is 2. The Hall–Kier alpha value is -2.45. The molecule has 0 aromatic carbocycles. The van der Waals surface area contributed by atoms with Crippen LogP contribution < -0.4 is 5.73 Å². The normalized spacial score (nSPS) is 18.4. The van der Waals surface area contributed by atoms with Gasteiger partial charge in [-0.05, 0) is 57.4 Å². The van der Waals surface area contributed by atoms with Gasteiger partial charge in [0, 0.05) is 18.5 Å². The van der Waals surface area contributed by atoms with Gasteiger partial charge >= 0.3 is 11.9 Å². The minimum atomic E-state index is -1.02. The van der Waals surface area contributed by atoms with Crippen molar-refractivity contribution in [3.8, 4) is 0 Å². The van der Waals surface area contributed by atoms with Crippen LogP contribution in [0.15, 0.2) is 35.5 Å². The quantitative estimate of drug-likeness (QED) is 0.173. The maximum absolute atomic E-state index is 13.2. The number of carbonyl (C=O) groups is 3. The number of nitrogens with two attached hydrogens (primary N) is 1. The molecule has 0 aromatic rings. The van der Waals surface area contributed by atoms with Crippen molar-refractivity contribution in [2.45, 2.75) is 103 Å². The first-order valence-electron chi connectivity index (χ1n) is 12.4. The van der Waals surface area contributed by atoms with Gasteiger partial charge in [-0.3, -0.25) is 14.4 Å². The predicted molar refractivity (Wildman–Crippen MR) is 132 cm³/mol. The molecule has 0 saturated carbocycles. The van der Waals surface area contributed by atoms with E-state index in [0.29, 0.717) is 57.1 Å². The third-order valence-electron chi connectivity index (χ3n) is 6.14. The van der Waals surface area contributed by atoms with Crippen LogP contribution in [0.1, 0.15) is 84.5 Å². The van der Waals surface area contributed by atoms with Gasteiger partial charge in [0.2, 0.25) is 0 Å². The Kier molecular flexibility index (Phi) is 14.1. The SMILES string of the molecule is CCCCC[C@H](O)/C=C/C1=C(C/C=C\CCCC(=O)O)C(C)N(CCCC[C@H](N)C(=O)O)C1=O. The van der Waals surface area contributed by atoms with Gasteiger partial charge in [-0.15, -0.1) is 0 Å². The second-order valence-electron chi connectivity index (χ2n) is 8.94. The van der Waals surface area contributed by atoms with E-state index in [0.717, 1.165) is 24.8 Å². The molecule has 3 atom stereocenters. The van der Waals surface area contributed by atoms with E-state index in [1.165, 1.54) is 0 Å². The highest BCUT2D eigenvalue weighted by molar-refractivity contribution is 6.00. The maximum Gasteiger partial charge on any atom is 0.320 e. The molecule has 0 bridgehead atoms. The first-order chi connectivity index (χ1) is 16.2. The Morgan fingerprint density at radius 1 is 1.09 bits per heavy atom. The zero-order chi connectivity index (χ0) is 25.5. The fourth-order valence-electron chi connectivity index (χ4n) is 4.01. The summed E-state index contributed by atoms with van der Waals surface area (Å²) < 4.78 is 0. The largest absolute Gasteiger partial charge is 0.481 e. The van der Waals surface area contributed by atoms with E-state index in [2.05, 4.69) is 6.92 Å². The van der Waals surface area contributed by atoms with Gasteiger partial charge in [-0.1, -0.05) is 50.5 Å². The van der Waals surface area contributed by atoms with Crippen LogP contribution in [0, 0.1) is 0 Å². The highest BCUT2D eigenvalue weighted by atomic mass is 16.4. The van der Waals surface area contributed by atoms with Gasteiger partial charge < -0.3 is 26.0 Å². The molecule has 0 aliphatic carbocycles. The first kappa shape index (κ1) is 29.6. The van der Waals surface area contributed by atoms with Crippen molar-refractivity contribution in [3.63, 3.8) is 0 Å². The molecule has 1 amide bonds. The van der Waals surface area contributed by atoms with E-state index >= 15 is 0 Å². The number of nitrogens with zero attached hydrogens (tertiary/aromatic N) is 1. The lowest BCUT2D eigenvalue weighted by molar-refractivity contribution is -0.139. The van der Waals surface area contributed by atoms with E-state index in [4.69, 9.17) is 15.9 Å². The standard InChI is InChI=1S/C26H42N2O6/c1-3-4-7-12-20(29)16-17-22-21(13-8-5-6-9-15-24(30)31)19(2)28(25(22)32)18-11-10-14-23(27)26(33)34/h5,8,16-17,19-20,23,29H,3-4,6-7,9-15,18,27H2,1-2H3,(H,30,31)(H,33,34)/b8-5-,17-16+/t19?,20-,23-/m0/s1. The van der Waals surface area contributed by atoms with E-state index in [1.807, 2.05) is 19.1 Å². The number of allylic oxidation sites excluding steroid dienone is 2. The van der Waals surface area contributed by atoms with Crippen LogP contribution in [-0.2, 0) is 14.4 Å². The number of aliphatic hydroxyl groups is 1. The highest BCUT2D eigenvalue weighted by Gasteiger charge is 2.34. The van der Waals surface area contributed by atoms with Gasteiger partial charge in [-0.2, -0.15) is 0 Å². The smallest absolute Gasteiger partial charge is 0.320 e. The van der Waals surface area contributed by atoms with Crippen molar-refractivity contribution in [2.24, 2.45) is 5.73 Å². The number of hydrogen-bond donors (Lipinski definition) is 4. The highest BCUT2D eigenvalue weighted by Crippen LogP contribution is 2.30. The van der Waals surface area contributed by atoms with Crippen molar-refractivity contribution in [1.82, 2.24) is 4.90 Å². The second-order valence-corrected chi connectivity index (χ2v) is 8.94.